The first-order valence-corrected chi connectivity index (χ1v) is 8.42. The molecular formula is C19H15BrO6. The van der Waals surface area contributed by atoms with Crippen molar-refractivity contribution in [2.24, 2.45) is 0 Å². The fraction of sp³-hybridized carbons (Fsp3) is 0.158. The molecule has 0 aliphatic carbocycles. The van der Waals surface area contributed by atoms with Crippen LogP contribution >= 0.6 is 15.9 Å². The molecule has 0 saturated carbocycles. The minimum absolute atomic E-state index is 0.0717. The van der Waals surface area contributed by atoms with Crippen LogP contribution in [0.15, 0.2) is 56.1 Å². The quantitative estimate of drug-likeness (QED) is 0.461. The van der Waals surface area contributed by atoms with E-state index in [0.717, 1.165) is 4.47 Å². The molecule has 26 heavy (non-hydrogen) atoms. The highest BCUT2D eigenvalue weighted by atomic mass is 79.9. The summed E-state index contributed by atoms with van der Waals surface area (Å²) in [5, 5.41) is 0.697. The molecule has 0 N–H and O–H groups in total. The molecule has 7 heteroatoms. The second kappa shape index (κ2) is 7.61. The van der Waals surface area contributed by atoms with Crippen LogP contribution in [0, 0.1) is 0 Å². The Bertz CT molecular complexity index is 1020. The maximum absolute atomic E-state index is 12.4. The molecule has 0 unspecified atom stereocenters. The predicted octanol–water partition coefficient (Wildman–Crippen LogP) is 3.93. The zero-order valence-corrected chi connectivity index (χ0v) is 15.7. The van der Waals surface area contributed by atoms with E-state index < -0.39 is 11.6 Å². The Morgan fingerprint density at radius 3 is 2.62 bits per heavy atom. The van der Waals surface area contributed by atoms with Gasteiger partial charge in [0.25, 0.3) is 0 Å². The molecule has 0 radical (unpaired) electrons. The first-order chi connectivity index (χ1) is 12.5. The number of esters is 1. The molecule has 6 nitrogen and oxygen atoms in total. The Balaban J connectivity index is 1.86. The molecule has 1 aromatic heterocycles. The summed E-state index contributed by atoms with van der Waals surface area (Å²) in [6.45, 7) is -0.0717. The third-order valence-electron chi connectivity index (χ3n) is 3.78. The number of hydrogen-bond donors (Lipinski definition) is 0. The lowest BCUT2D eigenvalue weighted by Crippen LogP contribution is -2.09. The summed E-state index contributed by atoms with van der Waals surface area (Å²) < 4.78 is 21.7. The van der Waals surface area contributed by atoms with E-state index >= 15 is 0 Å². The monoisotopic (exact) mass is 418 g/mol. The molecule has 0 aliphatic heterocycles. The second-order valence-corrected chi connectivity index (χ2v) is 6.29. The van der Waals surface area contributed by atoms with Crippen molar-refractivity contribution >= 4 is 32.9 Å². The molecule has 0 atom stereocenters. The van der Waals surface area contributed by atoms with Gasteiger partial charge < -0.3 is 18.6 Å². The largest absolute Gasteiger partial charge is 0.497 e. The Labute approximate surface area is 157 Å². The number of rotatable bonds is 5. The van der Waals surface area contributed by atoms with Crippen LogP contribution in [0.25, 0.3) is 11.0 Å². The molecule has 0 fully saturated rings. The summed E-state index contributed by atoms with van der Waals surface area (Å²) in [4.78, 5) is 24.2. The lowest BCUT2D eigenvalue weighted by atomic mass is 10.1. The number of halogens is 1. The highest BCUT2D eigenvalue weighted by molar-refractivity contribution is 9.10. The van der Waals surface area contributed by atoms with E-state index in [1.165, 1.54) is 20.3 Å². The van der Waals surface area contributed by atoms with E-state index in [2.05, 4.69) is 15.9 Å². The topological polar surface area (TPSA) is 75.0 Å². The molecule has 0 amide bonds. The molecule has 134 valence electrons. The van der Waals surface area contributed by atoms with Crippen molar-refractivity contribution in [2.45, 2.75) is 6.61 Å². The highest BCUT2D eigenvalue weighted by Crippen LogP contribution is 2.26. The van der Waals surface area contributed by atoms with Gasteiger partial charge in [0.15, 0.2) is 0 Å². The van der Waals surface area contributed by atoms with Gasteiger partial charge in [-0.2, -0.15) is 0 Å². The fourth-order valence-electron chi connectivity index (χ4n) is 2.51. The van der Waals surface area contributed by atoms with Crippen LogP contribution in [-0.4, -0.2) is 20.2 Å². The van der Waals surface area contributed by atoms with Gasteiger partial charge in [0.2, 0.25) is 0 Å². The number of methoxy groups -OCH3 is 2. The molecule has 3 rings (SSSR count). The van der Waals surface area contributed by atoms with Crippen LogP contribution < -0.4 is 15.1 Å². The lowest BCUT2D eigenvalue weighted by molar-refractivity contribution is 0.0470. The van der Waals surface area contributed by atoms with Gasteiger partial charge in [-0.3, -0.25) is 0 Å². The van der Waals surface area contributed by atoms with Crippen molar-refractivity contribution in [1.82, 2.24) is 0 Å². The summed E-state index contributed by atoms with van der Waals surface area (Å²) in [5.41, 5.74) is 0.733. The molecule has 0 spiro atoms. The summed E-state index contributed by atoms with van der Waals surface area (Å²) in [6.07, 6.45) is 0. The minimum atomic E-state index is -0.567. The Kier molecular flexibility index (Phi) is 5.27. The van der Waals surface area contributed by atoms with Gasteiger partial charge in [0.1, 0.15) is 29.3 Å². The Hall–Kier alpha value is -2.80. The van der Waals surface area contributed by atoms with E-state index in [-0.39, 0.29) is 12.2 Å². The summed E-state index contributed by atoms with van der Waals surface area (Å²) in [6, 6.07) is 11.4. The fourth-order valence-corrected chi connectivity index (χ4v) is 2.85. The predicted molar refractivity (Wildman–Crippen MR) is 98.8 cm³/mol. The van der Waals surface area contributed by atoms with Crippen molar-refractivity contribution in [3.63, 3.8) is 0 Å². The molecule has 0 aliphatic rings. The smallest absolute Gasteiger partial charge is 0.342 e. The van der Waals surface area contributed by atoms with Crippen LogP contribution in [-0.2, 0) is 11.3 Å². The van der Waals surface area contributed by atoms with Crippen molar-refractivity contribution in [1.29, 1.82) is 0 Å². The van der Waals surface area contributed by atoms with Crippen molar-refractivity contribution in [3.8, 4) is 11.5 Å². The van der Waals surface area contributed by atoms with Gasteiger partial charge in [0, 0.05) is 27.6 Å². The standard InChI is InChI=1S/C19H15BrO6/c1-23-13-4-6-15(16(9-13)24-2)19(22)25-10-11-7-18(21)26-17-8-12(20)3-5-14(11)17/h3-9H,10H2,1-2H3. The molecule has 1 heterocycles. The zero-order chi connectivity index (χ0) is 18.7. The normalized spacial score (nSPS) is 10.6. The zero-order valence-electron chi connectivity index (χ0n) is 14.1. The van der Waals surface area contributed by atoms with Crippen molar-refractivity contribution < 1.29 is 23.4 Å². The number of carbonyl (C=O) groups excluding carboxylic acids is 1. The van der Waals surface area contributed by atoms with Crippen LogP contribution in [0.3, 0.4) is 0 Å². The van der Waals surface area contributed by atoms with Crippen LogP contribution in [0.2, 0.25) is 0 Å². The third-order valence-corrected chi connectivity index (χ3v) is 4.27. The third kappa shape index (κ3) is 3.72. The number of hydrogen-bond acceptors (Lipinski definition) is 6. The van der Waals surface area contributed by atoms with Crippen LogP contribution in [0.1, 0.15) is 15.9 Å². The number of fused-ring (bicyclic) bond motifs is 1. The van der Waals surface area contributed by atoms with E-state index in [1.54, 1.807) is 30.3 Å². The van der Waals surface area contributed by atoms with E-state index in [0.29, 0.717) is 28.0 Å². The number of carbonyl (C=O) groups is 1. The summed E-state index contributed by atoms with van der Waals surface area (Å²) in [7, 11) is 2.98. The molecule has 2 aromatic carbocycles. The molecule has 0 saturated heterocycles. The lowest BCUT2D eigenvalue weighted by Gasteiger charge is -2.11. The van der Waals surface area contributed by atoms with Crippen LogP contribution in [0.4, 0.5) is 0 Å². The highest BCUT2D eigenvalue weighted by Gasteiger charge is 2.16. The molecule has 3 aromatic rings. The van der Waals surface area contributed by atoms with Gasteiger partial charge >= 0.3 is 11.6 Å². The average molecular weight is 419 g/mol. The van der Waals surface area contributed by atoms with Gasteiger partial charge in [0.05, 0.1) is 14.2 Å². The molecular weight excluding hydrogens is 404 g/mol. The van der Waals surface area contributed by atoms with Crippen molar-refractivity contribution in [3.05, 3.63) is 68.5 Å². The maximum atomic E-state index is 12.4. The summed E-state index contributed by atoms with van der Waals surface area (Å²) >= 11 is 3.33. The second-order valence-electron chi connectivity index (χ2n) is 5.37. The number of ether oxygens (including phenoxy) is 3. The Morgan fingerprint density at radius 2 is 1.88 bits per heavy atom. The average Bonchev–Trinajstić information content (AvgIpc) is 2.64. The van der Waals surface area contributed by atoms with E-state index in [1.807, 2.05) is 6.07 Å². The van der Waals surface area contributed by atoms with Crippen LogP contribution in [0.5, 0.6) is 11.5 Å². The first-order valence-electron chi connectivity index (χ1n) is 7.63. The van der Waals surface area contributed by atoms with Gasteiger partial charge in [-0.1, -0.05) is 15.9 Å². The SMILES string of the molecule is COc1ccc(C(=O)OCc2cc(=O)oc3cc(Br)ccc23)c(OC)c1. The van der Waals surface area contributed by atoms with Gasteiger partial charge in [-0.25, -0.2) is 9.59 Å². The molecule has 0 bridgehead atoms. The van der Waals surface area contributed by atoms with Crippen molar-refractivity contribution in [2.75, 3.05) is 14.2 Å². The van der Waals surface area contributed by atoms with E-state index in [9.17, 15) is 9.59 Å². The maximum Gasteiger partial charge on any atom is 0.342 e. The summed E-state index contributed by atoms with van der Waals surface area (Å²) in [5.74, 6) is 0.342. The Morgan fingerprint density at radius 1 is 1.08 bits per heavy atom. The van der Waals surface area contributed by atoms with E-state index in [4.69, 9.17) is 18.6 Å². The van der Waals surface area contributed by atoms with Gasteiger partial charge in [-0.15, -0.1) is 0 Å². The number of benzene rings is 2. The first kappa shape index (κ1) is 18.0. The van der Waals surface area contributed by atoms with Gasteiger partial charge in [-0.05, 0) is 30.3 Å². The minimum Gasteiger partial charge on any atom is -0.497 e.